The first-order valence-corrected chi connectivity index (χ1v) is 7.59. The van der Waals surface area contributed by atoms with E-state index in [2.05, 4.69) is 50.4 Å². The molecule has 18 heavy (non-hydrogen) atoms. The van der Waals surface area contributed by atoms with Gasteiger partial charge in [-0.1, -0.05) is 26.0 Å². The molecule has 1 atom stereocenters. The Morgan fingerprint density at radius 2 is 2.06 bits per heavy atom. The smallest absolute Gasteiger partial charge is 0.0560 e. The maximum atomic E-state index is 5.58. The Hall–Kier alpha value is -0.510. The zero-order valence-electron chi connectivity index (χ0n) is 11.9. The van der Waals surface area contributed by atoms with E-state index >= 15 is 0 Å². The van der Waals surface area contributed by atoms with Gasteiger partial charge in [0.25, 0.3) is 0 Å². The molecule has 0 saturated heterocycles. The molecule has 0 bridgehead atoms. The first-order valence-electron chi connectivity index (χ1n) is 6.61. The van der Waals surface area contributed by atoms with Gasteiger partial charge in [-0.15, -0.1) is 11.8 Å². The lowest BCUT2D eigenvalue weighted by Gasteiger charge is -2.12. The fourth-order valence-corrected chi connectivity index (χ4v) is 2.41. The molecule has 0 saturated carbocycles. The van der Waals surface area contributed by atoms with E-state index < -0.39 is 0 Å². The summed E-state index contributed by atoms with van der Waals surface area (Å²) in [5.74, 6) is 1.64. The monoisotopic (exact) mass is 267 g/mol. The summed E-state index contributed by atoms with van der Waals surface area (Å²) < 4.78 is 5.58. The maximum Gasteiger partial charge on any atom is 0.0560 e. The number of rotatable bonds is 8. The Labute approximate surface area is 116 Å². The van der Waals surface area contributed by atoms with Crippen LogP contribution in [0.2, 0.25) is 0 Å². The minimum Gasteiger partial charge on any atom is -0.380 e. The predicted octanol–water partition coefficient (Wildman–Crippen LogP) is 3.73. The summed E-state index contributed by atoms with van der Waals surface area (Å²) in [5, 5.41) is 3.26. The molecular formula is C15H25NOS. The van der Waals surface area contributed by atoms with E-state index in [9.17, 15) is 0 Å². The van der Waals surface area contributed by atoms with Crippen molar-refractivity contribution in [3.05, 3.63) is 29.8 Å². The van der Waals surface area contributed by atoms with Crippen molar-refractivity contribution in [1.29, 1.82) is 0 Å². The highest BCUT2D eigenvalue weighted by Crippen LogP contribution is 2.22. The van der Waals surface area contributed by atoms with Crippen LogP contribution in [0.25, 0.3) is 0 Å². The molecule has 0 aliphatic rings. The SMILES string of the molecule is CNC(C)c1cccc(SCCOCC(C)C)c1. The van der Waals surface area contributed by atoms with Crippen LogP contribution in [0.15, 0.2) is 29.2 Å². The molecule has 0 radical (unpaired) electrons. The van der Waals surface area contributed by atoms with Gasteiger partial charge in [0.1, 0.15) is 0 Å². The van der Waals surface area contributed by atoms with Crippen LogP contribution in [0.3, 0.4) is 0 Å². The number of hydrogen-bond acceptors (Lipinski definition) is 3. The Morgan fingerprint density at radius 3 is 2.72 bits per heavy atom. The van der Waals surface area contributed by atoms with Crippen LogP contribution >= 0.6 is 11.8 Å². The van der Waals surface area contributed by atoms with Crippen LogP contribution in [-0.4, -0.2) is 26.0 Å². The van der Waals surface area contributed by atoms with Crippen LogP contribution in [0.1, 0.15) is 32.4 Å². The van der Waals surface area contributed by atoms with Crippen molar-refractivity contribution < 1.29 is 4.74 Å². The van der Waals surface area contributed by atoms with Gasteiger partial charge in [-0.3, -0.25) is 0 Å². The van der Waals surface area contributed by atoms with Crippen LogP contribution in [0.5, 0.6) is 0 Å². The highest BCUT2D eigenvalue weighted by Gasteiger charge is 2.03. The predicted molar refractivity (Wildman–Crippen MR) is 80.3 cm³/mol. The average molecular weight is 267 g/mol. The third-order valence-corrected chi connectivity index (χ3v) is 3.70. The zero-order chi connectivity index (χ0) is 13.4. The summed E-state index contributed by atoms with van der Waals surface area (Å²) in [6, 6.07) is 9.12. The van der Waals surface area contributed by atoms with Gasteiger partial charge in [0.15, 0.2) is 0 Å². The highest BCUT2D eigenvalue weighted by molar-refractivity contribution is 7.99. The zero-order valence-corrected chi connectivity index (χ0v) is 12.7. The fourth-order valence-electron chi connectivity index (χ4n) is 1.58. The molecular weight excluding hydrogens is 242 g/mol. The van der Waals surface area contributed by atoms with E-state index in [-0.39, 0.29) is 0 Å². The van der Waals surface area contributed by atoms with E-state index in [0.29, 0.717) is 12.0 Å². The number of thioether (sulfide) groups is 1. The van der Waals surface area contributed by atoms with E-state index in [0.717, 1.165) is 19.0 Å². The minimum absolute atomic E-state index is 0.405. The number of nitrogens with one attached hydrogen (secondary N) is 1. The molecule has 0 aromatic heterocycles. The largest absolute Gasteiger partial charge is 0.380 e. The molecule has 0 aliphatic heterocycles. The Kier molecular flexibility index (Phi) is 7.40. The number of hydrogen-bond donors (Lipinski definition) is 1. The minimum atomic E-state index is 0.405. The standard InChI is InChI=1S/C15H25NOS/c1-12(2)11-17-8-9-18-15-7-5-6-14(10-15)13(3)16-4/h5-7,10,12-13,16H,8-9,11H2,1-4H3. The first-order chi connectivity index (χ1) is 8.63. The molecule has 0 fully saturated rings. The topological polar surface area (TPSA) is 21.3 Å². The second kappa shape index (κ2) is 8.57. The third-order valence-electron chi connectivity index (χ3n) is 2.74. The summed E-state index contributed by atoms with van der Waals surface area (Å²) in [4.78, 5) is 1.32. The Balaban J connectivity index is 2.34. The molecule has 0 spiro atoms. The lowest BCUT2D eigenvalue weighted by atomic mass is 10.1. The van der Waals surface area contributed by atoms with Gasteiger partial charge >= 0.3 is 0 Å². The molecule has 102 valence electrons. The van der Waals surface area contributed by atoms with Crippen LogP contribution in [0, 0.1) is 5.92 Å². The maximum absolute atomic E-state index is 5.58. The van der Waals surface area contributed by atoms with Crippen molar-refractivity contribution in [3.63, 3.8) is 0 Å². The Bertz CT molecular complexity index is 341. The van der Waals surface area contributed by atoms with E-state index in [1.807, 2.05) is 18.8 Å². The van der Waals surface area contributed by atoms with Gasteiger partial charge in [0.05, 0.1) is 6.61 Å². The Morgan fingerprint density at radius 1 is 1.28 bits per heavy atom. The molecule has 1 rings (SSSR count). The number of benzene rings is 1. The van der Waals surface area contributed by atoms with Gasteiger partial charge in [0, 0.05) is 23.3 Å². The van der Waals surface area contributed by atoms with Crippen molar-refractivity contribution in [2.75, 3.05) is 26.0 Å². The molecule has 2 nitrogen and oxygen atoms in total. The molecule has 1 unspecified atom stereocenters. The van der Waals surface area contributed by atoms with Crippen molar-refractivity contribution in [2.24, 2.45) is 5.92 Å². The van der Waals surface area contributed by atoms with Gasteiger partial charge in [-0.25, -0.2) is 0 Å². The van der Waals surface area contributed by atoms with Gasteiger partial charge in [-0.2, -0.15) is 0 Å². The first kappa shape index (κ1) is 15.5. The quantitative estimate of drug-likeness (QED) is 0.573. The molecule has 0 aliphatic carbocycles. The lowest BCUT2D eigenvalue weighted by Crippen LogP contribution is -2.12. The molecule has 1 aromatic rings. The van der Waals surface area contributed by atoms with Crippen molar-refractivity contribution in [3.8, 4) is 0 Å². The van der Waals surface area contributed by atoms with Crippen LogP contribution in [-0.2, 0) is 4.74 Å². The van der Waals surface area contributed by atoms with Crippen LogP contribution in [0.4, 0.5) is 0 Å². The van der Waals surface area contributed by atoms with E-state index in [1.54, 1.807) is 0 Å². The van der Waals surface area contributed by atoms with Gasteiger partial charge in [-0.05, 0) is 37.6 Å². The van der Waals surface area contributed by atoms with Crippen molar-refractivity contribution >= 4 is 11.8 Å². The summed E-state index contributed by atoms with van der Waals surface area (Å²) in [6.07, 6.45) is 0. The number of ether oxygens (including phenoxy) is 1. The van der Waals surface area contributed by atoms with E-state index in [1.165, 1.54) is 10.5 Å². The summed E-state index contributed by atoms with van der Waals surface area (Å²) >= 11 is 1.86. The molecule has 3 heteroatoms. The van der Waals surface area contributed by atoms with Crippen molar-refractivity contribution in [1.82, 2.24) is 5.32 Å². The second-order valence-electron chi connectivity index (χ2n) is 4.90. The normalized spacial score (nSPS) is 12.9. The molecule has 0 amide bonds. The second-order valence-corrected chi connectivity index (χ2v) is 6.07. The summed E-state index contributed by atoms with van der Waals surface area (Å²) in [6.45, 7) is 8.22. The lowest BCUT2D eigenvalue weighted by molar-refractivity contribution is 0.124. The van der Waals surface area contributed by atoms with Gasteiger partial charge < -0.3 is 10.1 Å². The summed E-state index contributed by atoms with van der Waals surface area (Å²) in [5.41, 5.74) is 1.34. The molecule has 1 aromatic carbocycles. The molecule has 1 N–H and O–H groups in total. The van der Waals surface area contributed by atoms with Gasteiger partial charge in [0.2, 0.25) is 0 Å². The molecule has 0 heterocycles. The average Bonchev–Trinajstić information content (AvgIpc) is 2.37. The third kappa shape index (κ3) is 5.89. The van der Waals surface area contributed by atoms with Crippen molar-refractivity contribution in [2.45, 2.75) is 31.7 Å². The highest BCUT2D eigenvalue weighted by atomic mass is 32.2. The van der Waals surface area contributed by atoms with Crippen LogP contribution < -0.4 is 5.32 Å². The fraction of sp³-hybridized carbons (Fsp3) is 0.600. The van der Waals surface area contributed by atoms with E-state index in [4.69, 9.17) is 4.74 Å². The summed E-state index contributed by atoms with van der Waals surface area (Å²) in [7, 11) is 1.99.